The van der Waals surface area contributed by atoms with Crippen molar-refractivity contribution in [2.75, 3.05) is 72.4 Å². The molecule has 0 rings (SSSR count). The zero-order valence-electron chi connectivity index (χ0n) is 40.8. The predicted molar refractivity (Wildman–Crippen MR) is 253 cm³/mol. The SMILES string of the molecule is O=C(O)CCCCCCCNC(=O)CCOCC(COCCC(=O)NCCCCCCCC(=O)O)(COCCC(=O)NCCCCCCCC(=O)O)OCCC(=O)NCCCCCCCC(=O)O. The van der Waals surface area contributed by atoms with Gasteiger partial charge < -0.3 is 60.6 Å². The molecule has 0 aliphatic rings. The van der Waals surface area contributed by atoms with Crippen molar-refractivity contribution >= 4 is 47.5 Å². The maximum absolute atomic E-state index is 12.8. The molecule has 8 N–H and O–H groups in total. The molecule has 0 radical (unpaired) electrons. The molecule has 0 saturated heterocycles. The number of carboxylic acid groups (broad SMARTS) is 4. The predicted octanol–water partition coefficient (Wildman–Crippen LogP) is 5.52. The van der Waals surface area contributed by atoms with Crippen molar-refractivity contribution in [2.45, 2.75) is 185 Å². The van der Waals surface area contributed by atoms with Gasteiger partial charge in [0.05, 0.1) is 46.2 Å². The molecule has 0 aromatic heterocycles. The second-order valence-corrected chi connectivity index (χ2v) is 17.2. The van der Waals surface area contributed by atoms with Crippen molar-refractivity contribution < 1.29 is 77.7 Å². The monoisotopic (exact) mass is 975 g/mol. The van der Waals surface area contributed by atoms with Crippen LogP contribution in [0.25, 0.3) is 0 Å². The molecular formula is C48H86N4O16. The van der Waals surface area contributed by atoms with Crippen molar-refractivity contribution in [3.8, 4) is 0 Å². The normalized spacial score (nSPS) is 11.2. The smallest absolute Gasteiger partial charge is 0.303 e. The molecule has 4 amide bonds. The summed E-state index contributed by atoms with van der Waals surface area (Å²) in [5, 5.41) is 46.6. The number of nitrogens with one attached hydrogen (secondary N) is 4. The van der Waals surface area contributed by atoms with Crippen molar-refractivity contribution in [1.29, 1.82) is 0 Å². The largest absolute Gasteiger partial charge is 0.481 e. The summed E-state index contributed by atoms with van der Waals surface area (Å²) in [6.45, 7) is 1.65. The molecular weight excluding hydrogens is 889 g/mol. The number of carbonyl (C=O) groups is 8. The van der Waals surface area contributed by atoms with Gasteiger partial charge in [-0.3, -0.25) is 38.4 Å². The maximum atomic E-state index is 12.8. The summed E-state index contributed by atoms with van der Waals surface area (Å²) in [7, 11) is 0. The summed E-state index contributed by atoms with van der Waals surface area (Å²) in [6, 6.07) is 0. The van der Waals surface area contributed by atoms with Gasteiger partial charge >= 0.3 is 23.9 Å². The highest BCUT2D eigenvalue weighted by atomic mass is 16.6. The van der Waals surface area contributed by atoms with E-state index in [1.54, 1.807) is 0 Å². The molecule has 20 heteroatoms. The highest BCUT2D eigenvalue weighted by molar-refractivity contribution is 5.77. The number of hydrogen-bond acceptors (Lipinski definition) is 12. The Morgan fingerprint density at radius 2 is 0.515 bits per heavy atom. The molecule has 0 fully saturated rings. The van der Waals surface area contributed by atoms with E-state index in [0.29, 0.717) is 51.9 Å². The number of carboxylic acids is 4. The van der Waals surface area contributed by atoms with Crippen LogP contribution in [0, 0.1) is 0 Å². The highest BCUT2D eigenvalue weighted by Gasteiger charge is 2.33. The molecule has 68 heavy (non-hydrogen) atoms. The first-order valence-electron chi connectivity index (χ1n) is 25.1. The van der Waals surface area contributed by atoms with Crippen LogP contribution in [-0.2, 0) is 57.3 Å². The molecule has 0 aromatic carbocycles. The quantitative estimate of drug-likeness (QED) is 0.0348. The van der Waals surface area contributed by atoms with Crippen LogP contribution in [0.5, 0.6) is 0 Å². The Balaban J connectivity index is 5.41. The Morgan fingerprint density at radius 1 is 0.294 bits per heavy atom. The van der Waals surface area contributed by atoms with Crippen molar-refractivity contribution in [3.05, 3.63) is 0 Å². The van der Waals surface area contributed by atoms with Crippen LogP contribution in [0.3, 0.4) is 0 Å². The van der Waals surface area contributed by atoms with E-state index in [4.69, 9.17) is 39.4 Å². The molecule has 20 nitrogen and oxygen atoms in total. The van der Waals surface area contributed by atoms with Crippen LogP contribution in [0.15, 0.2) is 0 Å². The first-order valence-corrected chi connectivity index (χ1v) is 25.1. The van der Waals surface area contributed by atoms with Gasteiger partial charge in [0.2, 0.25) is 23.6 Å². The maximum Gasteiger partial charge on any atom is 0.303 e. The Hall–Kier alpha value is -4.40. The van der Waals surface area contributed by atoms with E-state index in [2.05, 4.69) is 21.3 Å². The zero-order valence-corrected chi connectivity index (χ0v) is 40.8. The van der Waals surface area contributed by atoms with Gasteiger partial charge in [0, 0.05) is 77.5 Å². The molecule has 0 unspecified atom stereocenters. The highest BCUT2D eigenvalue weighted by Crippen LogP contribution is 2.17. The van der Waals surface area contributed by atoms with Crippen molar-refractivity contribution in [3.63, 3.8) is 0 Å². The second-order valence-electron chi connectivity index (χ2n) is 17.2. The standard InChI is InChI=1S/C48H86N4O16/c53-40(49-29-17-9-1-5-13-21-44(57)58)25-33-65-37-48(68-36-28-43(56)52-32-20-12-4-8-16-24-47(63)64,38-66-34-26-41(54)50-30-18-10-2-6-14-22-45(59)60)39-67-35-27-42(55)51-31-19-11-3-7-15-23-46(61)62/h1-39H2,(H,49,53)(H,50,54)(H,51,55)(H,52,56)(H,57,58)(H,59,60)(H,61,62)(H,63,64). The fourth-order valence-corrected chi connectivity index (χ4v) is 6.87. The lowest BCUT2D eigenvalue weighted by Crippen LogP contribution is -2.48. The first kappa shape index (κ1) is 63.6. The van der Waals surface area contributed by atoms with E-state index in [9.17, 15) is 38.4 Å². The van der Waals surface area contributed by atoms with Crippen LogP contribution in [-0.4, -0.2) is 146 Å². The fraction of sp³-hybridized carbons (Fsp3) is 0.833. The average Bonchev–Trinajstić information content (AvgIpc) is 3.28. The number of carbonyl (C=O) groups excluding carboxylic acids is 4. The lowest BCUT2D eigenvalue weighted by atomic mass is 10.1. The van der Waals surface area contributed by atoms with Gasteiger partial charge in [-0.05, 0) is 51.4 Å². The molecule has 0 aromatic rings. The van der Waals surface area contributed by atoms with E-state index in [1.807, 2.05) is 0 Å². The van der Waals surface area contributed by atoms with Gasteiger partial charge in [-0.1, -0.05) is 77.0 Å². The number of amides is 4. The van der Waals surface area contributed by atoms with Crippen molar-refractivity contribution in [2.24, 2.45) is 0 Å². The average molecular weight is 975 g/mol. The summed E-state index contributed by atoms with van der Waals surface area (Å²) >= 11 is 0. The summed E-state index contributed by atoms with van der Waals surface area (Å²) in [5.74, 6) is -4.10. The second kappa shape index (κ2) is 45.1. The van der Waals surface area contributed by atoms with Crippen molar-refractivity contribution in [1.82, 2.24) is 21.3 Å². The minimum atomic E-state index is -1.29. The van der Waals surface area contributed by atoms with E-state index in [1.165, 1.54) is 0 Å². The fourth-order valence-electron chi connectivity index (χ4n) is 6.87. The van der Waals surface area contributed by atoms with E-state index >= 15 is 0 Å². The molecule has 0 saturated carbocycles. The topological polar surface area (TPSA) is 303 Å². The Labute approximate surface area is 403 Å². The third-order valence-corrected chi connectivity index (χ3v) is 10.8. The summed E-state index contributed by atoms with van der Waals surface area (Å²) in [5.41, 5.74) is -1.29. The molecule has 0 aliphatic heterocycles. The number of rotatable bonds is 51. The number of hydrogen-bond donors (Lipinski definition) is 8. The number of ether oxygens (including phenoxy) is 4. The summed E-state index contributed by atoms with van der Waals surface area (Å²) in [6.07, 6.45) is 16.5. The molecule has 394 valence electrons. The van der Waals surface area contributed by atoms with Crippen LogP contribution in [0.2, 0.25) is 0 Å². The molecule has 0 aliphatic carbocycles. The first-order chi connectivity index (χ1) is 32.7. The van der Waals surface area contributed by atoms with Crippen LogP contribution < -0.4 is 21.3 Å². The molecule has 0 heterocycles. The van der Waals surface area contributed by atoms with E-state index < -0.39 is 29.5 Å². The number of unbranched alkanes of at least 4 members (excludes halogenated alkanes) is 16. The molecule has 0 atom stereocenters. The molecule has 0 bridgehead atoms. The van der Waals surface area contributed by atoms with Gasteiger partial charge in [-0.15, -0.1) is 0 Å². The van der Waals surface area contributed by atoms with Crippen LogP contribution in [0.4, 0.5) is 0 Å². The lowest BCUT2D eigenvalue weighted by molar-refractivity contribution is -0.170. The van der Waals surface area contributed by atoms with Gasteiger partial charge in [-0.2, -0.15) is 0 Å². The zero-order chi connectivity index (χ0) is 50.4. The van der Waals surface area contributed by atoms with E-state index in [0.717, 1.165) is 103 Å². The van der Waals surface area contributed by atoms with Crippen LogP contribution >= 0.6 is 0 Å². The molecule has 0 spiro atoms. The lowest BCUT2D eigenvalue weighted by Gasteiger charge is -2.33. The summed E-state index contributed by atoms with van der Waals surface area (Å²) < 4.78 is 24.3. The summed E-state index contributed by atoms with van der Waals surface area (Å²) in [4.78, 5) is 93.4. The minimum absolute atomic E-state index is 0.00621. The van der Waals surface area contributed by atoms with Gasteiger partial charge in [0.15, 0.2) is 0 Å². The Morgan fingerprint density at radius 3 is 0.765 bits per heavy atom. The van der Waals surface area contributed by atoms with Gasteiger partial charge in [-0.25, -0.2) is 0 Å². The minimum Gasteiger partial charge on any atom is -0.481 e. The van der Waals surface area contributed by atoms with Gasteiger partial charge in [0.1, 0.15) is 5.60 Å². The third-order valence-electron chi connectivity index (χ3n) is 10.8. The third kappa shape index (κ3) is 45.4. The van der Waals surface area contributed by atoms with Gasteiger partial charge in [0.25, 0.3) is 0 Å². The van der Waals surface area contributed by atoms with E-state index in [-0.39, 0.29) is 121 Å². The Bertz CT molecular complexity index is 1260. The van der Waals surface area contributed by atoms with Crippen LogP contribution in [0.1, 0.15) is 180 Å². The number of aliphatic carboxylic acids is 4. The Kier molecular flexibility index (Phi) is 42.2.